The number of imide groups is 1. The van der Waals surface area contributed by atoms with Gasteiger partial charge in [0.05, 0.1) is 0 Å². The van der Waals surface area contributed by atoms with Gasteiger partial charge in [0.15, 0.2) is 53.6 Å². The molecule has 103 heavy (non-hydrogen) atoms. The fourth-order valence-corrected chi connectivity index (χ4v) is 9.24. The highest BCUT2D eigenvalue weighted by molar-refractivity contribution is 6.00. The predicted octanol–water partition coefficient (Wildman–Crippen LogP) is -13.6. The summed E-state index contributed by atoms with van der Waals surface area (Å²) in [6, 6.07) is -12.1. The molecule has 0 unspecified atom stereocenters. The lowest BCUT2D eigenvalue weighted by molar-refractivity contribution is -0.137. The van der Waals surface area contributed by atoms with Crippen LogP contribution in [-0.4, -0.2) is 231 Å². The van der Waals surface area contributed by atoms with Gasteiger partial charge in [0.25, 0.3) is 0 Å². The topological polar surface area (TPSA) is 879 Å². The van der Waals surface area contributed by atoms with Gasteiger partial charge in [-0.15, -0.1) is 0 Å². The van der Waals surface area contributed by atoms with E-state index >= 15 is 0 Å². The highest BCUT2D eigenvalue weighted by Crippen LogP contribution is 2.12. The normalized spacial score (nSPS) is 13.2. The van der Waals surface area contributed by atoms with Crippen LogP contribution < -0.4 is 151 Å². The minimum Gasteiger partial charge on any atom is -0.383 e. The number of aliphatic hydroxyl groups is 1. The third-order valence-corrected chi connectivity index (χ3v) is 14.2. The van der Waals surface area contributed by atoms with Gasteiger partial charge in [-0.05, 0) is 116 Å². The number of nitrogens with two attached hydrogens (primary N) is 18. The monoisotopic (exact) mass is 1460 g/mol. The lowest BCUT2D eigenvalue weighted by Crippen LogP contribution is -2.60. The predicted molar refractivity (Wildman–Crippen MR) is 389 cm³/mol. The van der Waals surface area contributed by atoms with E-state index in [0.29, 0.717) is 0 Å². The molecular weight excluding hydrogens is 1350 g/mol. The number of carbonyl (C=O) groups is 10. The molecule has 0 aromatic heterocycles. The summed E-state index contributed by atoms with van der Waals surface area (Å²) >= 11 is 0. The molecule has 0 saturated heterocycles. The second kappa shape index (κ2) is 52.3. The Hall–Kier alpha value is -11.7. The molecule has 0 aliphatic heterocycles. The maximum atomic E-state index is 14.9. The van der Waals surface area contributed by atoms with E-state index in [0.717, 1.165) is 6.92 Å². The molecule has 0 aliphatic rings. The Kier molecular flexibility index (Phi) is 46.4. The number of rotatable bonds is 53. The van der Waals surface area contributed by atoms with E-state index in [1.807, 2.05) is 0 Å². The van der Waals surface area contributed by atoms with Crippen molar-refractivity contribution in [3.8, 4) is 0 Å². The summed E-state index contributed by atoms with van der Waals surface area (Å²) in [4.78, 5) is 176. The van der Waals surface area contributed by atoms with Crippen LogP contribution in [0.4, 0.5) is 0 Å². The Labute approximate surface area is 595 Å². The number of guanidine groups is 9. The first kappa shape index (κ1) is 91.3. The molecule has 0 aromatic rings. The lowest BCUT2D eigenvalue weighted by atomic mass is 10.0. The smallest absolute Gasteiger partial charge is 0.249 e. The van der Waals surface area contributed by atoms with Crippen molar-refractivity contribution in [3.05, 3.63) is 0 Å². The Bertz CT molecular complexity index is 2980. The second-order valence-electron chi connectivity index (χ2n) is 23.1. The molecule has 46 N–H and O–H groups in total. The Morgan fingerprint density at radius 1 is 0.233 bits per heavy atom. The number of hydrogen-bond donors (Lipinski definition) is 28. The molecule has 0 fully saturated rings. The van der Waals surface area contributed by atoms with E-state index in [1.165, 1.54) is 0 Å². The van der Waals surface area contributed by atoms with Crippen LogP contribution in [0.2, 0.25) is 0 Å². The number of nitrogens with one attached hydrogen (secondary N) is 9. The average Bonchev–Trinajstić information content (AvgIpc) is 0.861. The summed E-state index contributed by atoms with van der Waals surface area (Å²) in [7, 11) is 0. The number of hydrogen-bond acceptors (Lipinski definition) is 20. The van der Waals surface area contributed by atoms with E-state index in [2.05, 4.69) is 92.8 Å². The van der Waals surface area contributed by atoms with Gasteiger partial charge in [0.2, 0.25) is 59.1 Å². The number of nitrogens with zero attached hydrogens (tertiary/aromatic N) is 9. The van der Waals surface area contributed by atoms with E-state index in [9.17, 15) is 53.1 Å². The van der Waals surface area contributed by atoms with Gasteiger partial charge in [-0.1, -0.05) is 0 Å². The van der Waals surface area contributed by atoms with Crippen LogP contribution in [0.15, 0.2) is 44.9 Å². The fraction of sp³-hybridized carbons (Fsp3) is 0.661. The molecule has 0 rings (SSSR count). The van der Waals surface area contributed by atoms with Crippen molar-refractivity contribution in [2.75, 3.05) is 58.9 Å². The maximum absolute atomic E-state index is 14.9. The molecule has 582 valence electrons. The zero-order chi connectivity index (χ0) is 78.0. The molecule has 0 radical (unpaired) electrons. The molecule has 10 amide bonds. The summed E-state index contributed by atoms with van der Waals surface area (Å²) in [5, 5.41) is 33.7. The van der Waals surface area contributed by atoms with E-state index in [1.54, 1.807) is 0 Å². The van der Waals surface area contributed by atoms with Crippen molar-refractivity contribution < 1.29 is 53.1 Å². The summed E-state index contributed by atoms with van der Waals surface area (Å²) in [5.74, 6) is -11.9. The van der Waals surface area contributed by atoms with E-state index in [4.69, 9.17) is 103 Å². The number of carbonyl (C=O) groups excluding carboxylic acids is 10. The number of amides is 10. The molecule has 47 heteroatoms. The summed E-state index contributed by atoms with van der Waals surface area (Å²) in [5.41, 5.74) is 99.7. The highest BCUT2D eigenvalue weighted by atomic mass is 16.3. The van der Waals surface area contributed by atoms with E-state index < -0.39 is 114 Å². The van der Waals surface area contributed by atoms with Gasteiger partial charge in [-0.3, -0.25) is 98.2 Å². The summed E-state index contributed by atoms with van der Waals surface area (Å²) in [6.07, 6.45) is -2.68. The summed E-state index contributed by atoms with van der Waals surface area (Å²) < 4.78 is 0. The quantitative estimate of drug-likeness (QED) is 0.0153. The molecular formula is C56H112N36O11. The van der Waals surface area contributed by atoms with Crippen molar-refractivity contribution in [2.24, 2.45) is 148 Å². The van der Waals surface area contributed by atoms with Crippen molar-refractivity contribution in [2.45, 2.75) is 177 Å². The van der Waals surface area contributed by atoms with Crippen molar-refractivity contribution >= 4 is 113 Å². The first-order valence-electron chi connectivity index (χ1n) is 32.9. The van der Waals surface area contributed by atoms with Crippen LogP contribution in [0.1, 0.15) is 122 Å². The molecule has 0 bridgehead atoms. The Balaban J connectivity index is 7.85. The van der Waals surface area contributed by atoms with Crippen LogP contribution in [0, 0.1) is 0 Å². The molecule has 9 atom stereocenters. The molecule has 0 aliphatic carbocycles. The van der Waals surface area contributed by atoms with Crippen LogP contribution in [0.5, 0.6) is 0 Å². The molecule has 0 saturated carbocycles. The van der Waals surface area contributed by atoms with Gasteiger partial charge in [-0.2, -0.15) is 0 Å². The molecule has 0 heterocycles. The van der Waals surface area contributed by atoms with Gasteiger partial charge in [0, 0.05) is 65.8 Å². The minimum atomic E-state index is -1.64. The largest absolute Gasteiger partial charge is 0.383 e. The van der Waals surface area contributed by atoms with Crippen LogP contribution in [0.3, 0.4) is 0 Å². The van der Waals surface area contributed by atoms with Crippen molar-refractivity contribution in [1.82, 2.24) is 47.9 Å². The number of aliphatic imine (C=N–C) groups is 9. The zero-order valence-electron chi connectivity index (χ0n) is 58.2. The van der Waals surface area contributed by atoms with Gasteiger partial charge >= 0.3 is 0 Å². The first-order chi connectivity index (χ1) is 48.5. The molecule has 0 spiro atoms. The zero-order valence-corrected chi connectivity index (χ0v) is 58.2. The Morgan fingerprint density at radius 3 is 0.515 bits per heavy atom. The number of aliphatic hydroxyl groups excluding tert-OH is 1. The standard InChI is InChI=1S/C56H112N36O11/c1-29(93)84-39(95)30(11-2-20-75-48(57)58)85-40(96)31(12-3-21-76-49(59)60)86-41(97)32(13-4-22-77-50(61)62)87-42(98)33(14-5-23-78-51(63)64)88-43(99)34(15-6-24-79-52(65)66)89-44(100)35(16-7-25-80-53(67)68)90-45(101)36(17-8-26-81-54(69)70)91-46(102)37(18-9-27-82-55(71)72)92-47(103)38(94)19-10-28-83-56(73)74/h30-38,94H,2-28H2,1H3,(H,85,96)(H,86,97)(H,87,98)(H,88,99)(H,89,100)(H,90,101)(H,91,102)(H,92,103)(H4,57,58,75)(H4,59,60,76)(H4,61,62,77)(H4,63,64,78)(H4,65,66,79)(H4,67,68,80)(H4,69,70,81)(H4,71,72,82)(H4,73,74,83)(H,84,93,95)/t30-,31-,32-,33-,34-,35-,36-,37-,38-/m1/s1. The van der Waals surface area contributed by atoms with Crippen molar-refractivity contribution in [3.63, 3.8) is 0 Å². The lowest BCUT2D eigenvalue weighted by Gasteiger charge is -2.28. The third-order valence-electron chi connectivity index (χ3n) is 14.2. The SMILES string of the molecule is CC(=O)NC(=O)[C@@H](CCCN=C(N)N)NC(=O)[C@@H](CCCN=C(N)N)NC(=O)[C@@H](CCCN=C(N)N)NC(=O)[C@@H](CCCN=C(N)N)NC(=O)[C@@H](CCCN=C(N)N)NC(=O)[C@@H](CCCN=C(N)N)NC(=O)[C@@H](CCCN=C(N)N)NC(=O)[C@@H](CCCN=C(N)N)NC(=O)[C@H](O)CCCN=C(N)N. The highest BCUT2D eigenvalue weighted by Gasteiger charge is 2.35. The molecule has 0 aromatic carbocycles. The minimum absolute atomic E-state index is 0.000542. The van der Waals surface area contributed by atoms with Gasteiger partial charge in [0.1, 0.15) is 54.4 Å². The Morgan fingerprint density at radius 2 is 0.369 bits per heavy atom. The molecule has 47 nitrogen and oxygen atoms in total. The second-order valence-corrected chi connectivity index (χ2v) is 23.1. The third kappa shape index (κ3) is 46.3. The van der Waals surface area contributed by atoms with Crippen molar-refractivity contribution in [1.29, 1.82) is 0 Å². The average molecular weight is 1470 g/mol. The van der Waals surface area contributed by atoms with Gasteiger partial charge in [-0.25, -0.2) is 0 Å². The fourth-order valence-electron chi connectivity index (χ4n) is 9.24. The van der Waals surface area contributed by atoms with Crippen LogP contribution in [0.25, 0.3) is 0 Å². The van der Waals surface area contributed by atoms with Crippen LogP contribution in [-0.2, 0) is 47.9 Å². The summed E-state index contributed by atoms with van der Waals surface area (Å²) in [6.45, 7) is 0.791. The maximum Gasteiger partial charge on any atom is 0.249 e. The van der Waals surface area contributed by atoms with Gasteiger partial charge < -0.3 is 151 Å². The first-order valence-corrected chi connectivity index (χ1v) is 32.9. The van der Waals surface area contributed by atoms with E-state index in [-0.39, 0.29) is 228 Å². The van der Waals surface area contributed by atoms with Crippen LogP contribution >= 0.6 is 0 Å².